The monoisotopic (exact) mass is 396 g/mol. The number of nitrogens with one attached hydrogen (secondary N) is 1. The summed E-state index contributed by atoms with van der Waals surface area (Å²) in [6, 6.07) is 13.0. The first-order valence-corrected chi connectivity index (χ1v) is 10.9. The van der Waals surface area contributed by atoms with Crippen molar-refractivity contribution in [1.82, 2.24) is 5.32 Å². The van der Waals surface area contributed by atoms with Crippen LogP contribution in [-0.4, -0.2) is 39.9 Å². The second kappa shape index (κ2) is 9.05. The predicted molar refractivity (Wildman–Crippen MR) is 105 cm³/mol. The minimum atomic E-state index is -3.33. The van der Waals surface area contributed by atoms with E-state index < -0.39 is 10.0 Å². The lowest BCUT2D eigenvalue weighted by atomic mass is 10.2. The van der Waals surface area contributed by atoms with E-state index in [0.29, 0.717) is 34.9 Å². The summed E-state index contributed by atoms with van der Waals surface area (Å²) in [7, 11) is -1.88. The Balaban J connectivity index is 1.78. The third-order valence-electron chi connectivity index (χ3n) is 3.74. The summed E-state index contributed by atoms with van der Waals surface area (Å²) < 4.78 is 37.6. The highest BCUT2D eigenvalue weighted by Crippen LogP contribution is 2.17. The number of anilines is 1. The number of amides is 1. The molecule has 2 aromatic carbocycles. The van der Waals surface area contributed by atoms with E-state index in [0.717, 1.165) is 10.6 Å². The lowest BCUT2D eigenvalue weighted by molar-refractivity contribution is 0.0956. The molecule has 0 aromatic heterocycles. The Morgan fingerprint density at radius 3 is 2.42 bits per heavy atom. The van der Waals surface area contributed by atoms with Crippen molar-refractivity contribution in [1.29, 1.82) is 0 Å². The number of rotatable bonds is 8. The fourth-order valence-corrected chi connectivity index (χ4v) is 3.50. The molecule has 0 bridgehead atoms. The molecule has 0 spiro atoms. The molecule has 1 amide bonds. The van der Waals surface area contributed by atoms with Crippen LogP contribution in [-0.2, 0) is 15.8 Å². The van der Waals surface area contributed by atoms with Gasteiger partial charge in [0.05, 0.1) is 11.9 Å². The van der Waals surface area contributed by atoms with E-state index in [-0.39, 0.29) is 11.7 Å². The molecule has 0 aliphatic carbocycles. The second-order valence-corrected chi connectivity index (χ2v) is 8.80. The number of sulfonamides is 1. The van der Waals surface area contributed by atoms with E-state index in [1.165, 1.54) is 24.9 Å². The van der Waals surface area contributed by atoms with Crippen molar-refractivity contribution in [2.45, 2.75) is 5.75 Å². The quantitative estimate of drug-likeness (QED) is 0.697. The molecule has 0 saturated heterocycles. The molecule has 0 atom stereocenters. The van der Waals surface area contributed by atoms with Crippen molar-refractivity contribution in [3.63, 3.8) is 0 Å². The third-order valence-corrected chi connectivity index (χ3v) is 5.95. The Labute approximate surface area is 157 Å². The zero-order chi connectivity index (χ0) is 19.2. The average Bonchev–Trinajstić information content (AvgIpc) is 2.61. The molecule has 0 unspecified atom stereocenters. The topological polar surface area (TPSA) is 66.5 Å². The van der Waals surface area contributed by atoms with Crippen molar-refractivity contribution in [2.75, 3.05) is 29.9 Å². The van der Waals surface area contributed by atoms with Crippen LogP contribution in [0, 0.1) is 5.82 Å². The van der Waals surface area contributed by atoms with Crippen LogP contribution >= 0.6 is 11.8 Å². The maximum absolute atomic E-state index is 13.5. The molecular weight excluding hydrogens is 375 g/mol. The van der Waals surface area contributed by atoms with Gasteiger partial charge in [-0.1, -0.05) is 18.2 Å². The standard InChI is InChI=1S/C18H21FN2O3S2/c1-21(26(2,23)24)16-9-7-14(8-10-16)18(22)20-11-12-25-13-15-5-3-4-6-17(15)19/h3-10H,11-13H2,1-2H3,(H,20,22). The number of hydrogen-bond donors (Lipinski definition) is 1. The molecule has 0 fully saturated rings. The molecule has 0 aliphatic rings. The summed E-state index contributed by atoms with van der Waals surface area (Å²) in [6.07, 6.45) is 1.12. The zero-order valence-corrected chi connectivity index (χ0v) is 16.2. The van der Waals surface area contributed by atoms with Gasteiger partial charge in [-0.2, -0.15) is 11.8 Å². The Kier molecular flexibility index (Phi) is 7.05. The highest BCUT2D eigenvalue weighted by atomic mass is 32.2. The second-order valence-electron chi connectivity index (χ2n) is 5.68. The van der Waals surface area contributed by atoms with Crippen LogP contribution < -0.4 is 9.62 Å². The van der Waals surface area contributed by atoms with E-state index in [1.54, 1.807) is 42.5 Å². The SMILES string of the molecule is CN(c1ccc(C(=O)NCCSCc2ccccc2F)cc1)S(C)(=O)=O. The minimum Gasteiger partial charge on any atom is -0.351 e. The minimum absolute atomic E-state index is 0.219. The van der Waals surface area contributed by atoms with Gasteiger partial charge in [-0.25, -0.2) is 12.8 Å². The molecule has 2 aromatic rings. The smallest absolute Gasteiger partial charge is 0.251 e. The lowest BCUT2D eigenvalue weighted by Gasteiger charge is -2.16. The van der Waals surface area contributed by atoms with Crippen LogP contribution in [0.3, 0.4) is 0 Å². The number of halogens is 1. The summed E-state index contributed by atoms with van der Waals surface area (Å²) in [6.45, 7) is 0.461. The van der Waals surface area contributed by atoms with Gasteiger partial charge in [0.2, 0.25) is 10.0 Å². The average molecular weight is 397 g/mol. The van der Waals surface area contributed by atoms with Crippen LogP contribution in [0.4, 0.5) is 10.1 Å². The van der Waals surface area contributed by atoms with Crippen LogP contribution in [0.1, 0.15) is 15.9 Å². The fourth-order valence-electron chi connectivity index (χ4n) is 2.15. The Hall–Kier alpha value is -2.06. The van der Waals surface area contributed by atoms with Gasteiger partial charge in [0.25, 0.3) is 5.91 Å². The van der Waals surface area contributed by atoms with E-state index >= 15 is 0 Å². The van der Waals surface area contributed by atoms with Crippen molar-refractivity contribution >= 4 is 33.4 Å². The Morgan fingerprint density at radius 1 is 1.15 bits per heavy atom. The van der Waals surface area contributed by atoms with E-state index in [1.807, 2.05) is 0 Å². The first-order chi connectivity index (χ1) is 12.3. The fraction of sp³-hybridized carbons (Fsp3) is 0.278. The molecule has 2 rings (SSSR count). The van der Waals surface area contributed by atoms with Gasteiger partial charge in [-0.3, -0.25) is 9.10 Å². The summed E-state index contributed by atoms with van der Waals surface area (Å²) in [5.74, 6) is 0.762. The van der Waals surface area contributed by atoms with Crippen LogP contribution in [0.15, 0.2) is 48.5 Å². The number of thioether (sulfide) groups is 1. The molecule has 0 saturated carbocycles. The summed E-state index contributed by atoms with van der Waals surface area (Å²) in [4.78, 5) is 12.1. The maximum Gasteiger partial charge on any atom is 0.251 e. The van der Waals surface area contributed by atoms with Crippen molar-refractivity contribution in [3.8, 4) is 0 Å². The summed E-state index contributed by atoms with van der Waals surface area (Å²) in [5, 5.41) is 2.79. The van der Waals surface area contributed by atoms with Crippen LogP contribution in [0.2, 0.25) is 0 Å². The molecule has 26 heavy (non-hydrogen) atoms. The van der Waals surface area contributed by atoms with Crippen molar-refractivity contribution in [2.24, 2.45) is 0 Å². The van der Waals surface area contributed by atoms with Crippen molar-refractivity contribution in [3.05, 3.63) is 65.5 Å². The summed E-state index contributed by atoms with van der Waals surface area (Å²) >= 11 is 1.54. The Morgan fingerprint density at radius 2 is 1.81 bits per heavy atom. The molecule has 5 nitrogen and oxygen atoms in total. The van der Waals surface area contributed by atoms with Crippen LogP contribution in [0.25, 0.3) is 0 Å². The van der Waals surface area contributed by atoms with Gasteiger partial charge in [0.15, 0.2) is 0 Å². The van der Waals surface area contributed by atoms with Gasteiger partial charge in [-0.15, -0.1) is 0 Å². The molecule has 0 aliphatic heterocycles. The molecule has 0 heterocycles. The molecule has 0 radical (unpaired) electrons. The predicted octanol–water partition coefficient (Wildman–Crippen LogP) is 2.88. The lowest BCUT2D eigenvalue weighted by Crippen LogP contribution is -2.26. The van der Waals surface area contributed by atoms with Gasteiger partial charge in [-0.05, 0) is 35.9 Å². The first-order valence-electron chi connectivity index (χ1n) is 7.92. The normalized spacial score (nSPS) is 11.2. The summed E-state index contributed by atoms with van der Waals surface area (Å²) in [5.41, 5.74) is 1.59. The van der Waals surface area contributed by atoms with E-state index in [4.69, 9.17) is 0 Å². The molecular formula is C18H21FN2O3S2. The largest absolute Gasteiger partial charge is 0.351 e. The van der Waals surface area contributed by atoms with Crippen LogP contribution in [0.5, 0.6) is 0 Å². The number of hydrogen-bond acceptors (Lipinski definition) is 4. The van der Waals surface area contributed by atoms with E-state index in [9.17, 15) is 17.6 Å². The number of nitrogens with zero attached hydrogens (tertiary/aromatic N) is 1. The van der Waals surface area contributed by atoms with Crippen molar-refractivity contribution < 1.29 is 17.6 Å². The molecule has 140 valence electrons. The maximum atomic E-state index is 13.5. The number of carbonyl (C=O) groups is 1. The third kappa shape index (κ3) is 5.74. The first kappa shape index (κ1) is 20.3. The highest BCUT2D eigenvalue weighted by Gasteiger charge is 2.12. The zero-order valence-electron chi connectivity index (χ0n) is 14.6. The number of carbonyl (C=O) groups excluding carboxylic acids is 1. The van der Waals surface area contributed by atoms with Gasteiger partial charge in [0, 0.05) is 30.7 Å². The van der Waals surface area contributed by atoms with Gasteiger partial charge >= 0.3 is 0 Å². The van der Waals surface area contributed by atoms with Gasteiger partial charge < -0.3 is 5.32 Å². The van der Waals surface area contributed by atoms with Gasteiger partial charge in [0.1, 0.15) is 5.82 Å². The number of benzene rings is 2. The van der Waals surface area contributed by atoms with E-state index in [2.05, 4.69) is 5.32 Å². The Bertz CT molecular complexity index is 855. The molecule has 8 heteroatoms. The highest BCUT2D eigenvalue weighted by molar-refractivity contribution is 7.98. The molecule has 1 N–H and O–H groups in total.